The molecule has 0 unspecified atom stereocenters. The van der Waals surface area contributed by atoms with Crippen molar-refractivity contribution in [1.82, 2.24) is 3.96 Å². The van der Waals surface area contributed by atoms with Crippen LogP contribution in [0.2, 0.25) is 10.0 Å². The minimum atomic E-state index is 0.340. The van der Waals surface area contributed by atoms with Crippen LogP contribution in [0.15, 0.2) is 53.5 Å². The molecule has 3 rings (SSSR count). The Labute approximate surface area is 165 Å². The lowest BCUT2D eigenvalue weighted by Gasteiger charge is -2.11. The molecule has 1 heterocycles. The average Bonchev–Trinajstić information content (AvgIpc) is 2.96. The van der Waals surface area contributed by atoms with E-state index in [1.165, 1.54) is 11.5 Å². The number of benzene rings is 2. The second kappa shape index (κ2) is 7.95. The van der Waals surface area contributed by atoms with Gasteiger partial charge in [0.1, 0.15) is 11.2 Å². The zero-order chi connectivity index (χ0) is 18.7. The fourth-order valence-corrected chi connectivity index (χ4v) is 3.31. The fourth-order valence-electron chi connectivity index (χ4n) is 2.23. The van der Waals surface area contributed by atoms with Crippen LogP contribution in [0.5, 0.6) is 5.75 Å². The van der Waals surface area contributed by atoms with Gasteiger partial charge in [0.05, 0.1) is 22.8 Å². The molecular formula is C18H16Cl2N4OS. The van der Waals surface area contributed by atoms with Gasteiger partial charge in [-0.15, -0.1) is 0 Å². The van der Waals surface area contributed by atoms with E-state index in [1.54, 1.807) is 29.3 Å². The van der Waals surface area contributed by atoms with Crippen molar-refractivity contribution in [1.29, 1.82) is 5.41 Å². The molecule has 2 aromatic carbocycles. The predicted octanol–water partition coefficient (Wildman–Crippen LogP) is 5.30. The van der Waals surface area contributed by atoms with E-state index >= 15 is 0 Å². The summed E-state index contributed by atoms with van der Waals surface area (Å²) in [7, 11) is 1.62. The SMILES string of the molecule is COc1ccc(N=C(Nc2ccc(Cl)c(Cl)c2)n2sc(C)cc2=N)cc1. The molecule has 0 aliphatic carbocycles. The normalized spacial score (nSPS) is 11.5. The Morgan fingerprint density at radius 3 is 2.42 bits per heavy atom. The highest BCUT2D eigenvalue weighted by Gasteiger charge is 2.09. The second-order valence-corrected chi connectivity index (χ2v) is 7.42. The molecule has 0 bridgehead atoms. The van der Waals surface area contributed by atoms with Crippen LogP contribution in [0.1, 0.15) is 4.88 Å². The molecule has 0 saturated heterocycles. The number of nitrogens with one attached hydrogen (secondary N) is 2. The third-order valence-electron chi connectivity index (χ3n) is 3.47. The van der Waals surface area contributed by atoms with E-state index in [4.69, 9.17) is 33.3 Å². The standard InChI is InChI=1S/C18H16Cl2N4OS/c1-11-9-17(21)24(26-11)18(22-12-3-6-14(25-2)7-4-12)23-13-5-8-15(19)16(20)10-13/h3-10,21H,1-2H3,(H,22,23). The molecule has 0 saturated carbocycles. The smallest absolute Gasteiger partial charge is 0.223 e. The van der Waals surface area contributed by atoms with Gasteiger partial charge in [0.25, 0.3) is 0 Å². The Bertz CT molecular complexity index is 1010. The highest BCUT2D eigenvalue weighted by atomic mass is 35.5. The summed E-state index contributed by atoms with van der Waals surface area (Å²) in [5, 5.41) is 12.3. The zero-order valence-electron chi connectivity index (χ0n) is 14.1. The third kappa shape index (κ3) is 4.27. The highest BCUT2D eigenvalue weighted by molar-refractivity contribution is 7.07. The Morgan fingerprint density at radius 1 is 1.12 bits per heavy atom. The number of ether oxygens (including phenoxy) is 1. The van der Waals surface area contributed by atoms with Crippen LogP contribution >= 0.6 is 34.7 Å². The average molecular weight is 407 g/mol. The Kier molecular flexibility index (Phi) is 5.66. The number of aryl methyl sites for hydroxylation is 1. The first-order valence-electron chi connectivity index (χ1n) is 7.66. The predicted molar refractivity (Wildman–Crippen MR) is 108 cm³/mol. The number of methoxy groups -OCH3 is 1. The van der Waals surface area contributed by atoms with Crippen LogP contribution in [0.25, 0.3) is 0 Å². The van der Waals surface area contributed by atoms with Gasteiger partial charge in [-0.1, -0.05) is 34.7 Å². The summed E-state index contributed by atoms with van der Waals surface area (Å²) in [5.41, 5.74) is 1.79. The Hall–Kier alpha value is -2.28. The lowest BCUT2D eigenvalue weighted by molar-refractivity contribution is 0.415. The molecule has 0 amide bonds. The van der Waals surface area contributed by atoms with E-state index in [9.17, 15) is 0 Å². The summed E-state index contributed by atoms with van der Waals surface area (Å²) in [6.45, 7) is 1.95. The maximum absolute atomic E-state index is 8.18. The number of halogens is 2. The topological polar surface area (TPSA) is 62.4 Å². The summed E-state index contributed by atoms with van der Waals surface area (Å²) in [6.07, 6.45) is 0. The number of hydrogen-bond donors (Lipinski definition) is 2. The molecule has 8 heteroatoms. The van der Waals surface area contributed by atoms with Crippen LogP contribution in [-0.4, -0.2) is 17.0 Å². The van der Waals surface area contributed by atoms with Crippen LogP contribution in [0.4, 0.5) is 11.4 Å². The molecule has 1 aromatic heterocycles. The molecule has 0 spiro atoms. The number of rotatable bonds is 3. The summed E-state index contributed by atoms with van der Waals surface area (Å²) < 4.78 is 6.89. The van der Waals surface area contributed by atoms with Crippen LogP contribution in [-0.2, 0) is 0 Å². The monoisotopic (exact) mass is 406 g/mol. The van der Waals surface area contributed by atoms with E-state index in [0.29, 0.717) is 21.5 Å². The lowest BCUT2D eigenvalue weighted by Crippen LogP contribution is -2.28. The highest BCUT2D eigenvalue weighted by Crippen LogP contribution is 2.25. The van der Waals surface area contributed by atoms with Crippen LogP contribution in [0.3, 0.4) is 0 Å². The summed E-state index contributed by atoms with van der Waals surface area (Å²) in [6, 6.07) is 14.4. The van der Waals surface area contributed by atoms with E-state index in [2.05, 4.69) is 10.3 Å². The van der Waals surface area contributed by atoms with Crippen LogP contribution in [0, 0.1) is 12.3 Å². The van der Waals surface area contributed by atoms with E-state index < -0.39 is 0 Å². The summed E-state index contributed by atoms with van der Waals surface area (Å²) in [5.74, 6) is 1.25. The van der Waals surface area contributed by atoms with Gasteiger partial charge in [0.15, 0.2) is 0 Å². The van der Waals surface area contributed by atoms with Crippen molar-refractivity contribution in [2.75, 3.05) is 12.4 Å². The van der Waals surface area contributed by atoms with E-state index in [-0.39, 0.29) is 0 Å². The maximum atomic E-state index is 8.18. The molecule has 0 atom stereocenters. The molecule has 0 radical (unpaired) electrons. The molecule has 0 fully saturated rings. The van der Waals surface area contributed by atoms with Crippen molar-refractivity contribution in [3.05, 3.63) is 68.9 Å². The molecule has 0 aliphatic rings. The quantitative estimate of drug-likeness (QED) is 0.457. The molecule has 3 aromatic rings. The Morgan fingerprint density at radius 2 is 1.85 bits per heavy atom. The van der Waals surface area contributed by atoms with E-state index in [0.717, 1.165) is 22.0 Å². The van der Waals surface area contributed by atoms with Crippen molar-refractivity contribution >= 4 is 52.1 Å². The zero-order valence-corrected chi connectivity index (χ0v) is 16.4. The molecular weight excluding hydrogens is 391 g/mol. The molecule has 26 heavy (non-hydrogen) atoms. The van der Waals surface area contributed by atoms with Crippen LogP contribution < -0.4 is 15.5 Å². The minimum Gasteiger partial charge on any atom is -0.497 e. The third-order valence-corrected chi connectivity index (χ3v) is 5.17. The first-order valence-corrected chi connectivity index (χ1v) is 9.19. The van der Waals surface area contributed by atoms with Gasteiger partial charge in [0.2, 0.25) is 5.96 Å². The molecule has 2 N–H and O–H groups in total. The fraction of sp³-hybridized carbons (Fsp3) is 0.111. The van der Waals surface area contributed by atoms with Gasteiger partial charge < -0.3 is 10.1 Å². The Balaban J connectivity index is 2.03. The van der Waals surface area contributed by atoms with Gasteiger partial charge in [-0.3, -0.25) is 5.41 Å². The van der Waals surface area contributed by atoms with Gasteiger partial charge in [-0.2, -0.15) is 0 Å². The molecule has 0 aliphatic heterocycles. The van der Waals surface area contributed by atoms with Crippen molar-refractivity contribution < 1.29 is 4.74 Å². The second-order valence-electron chi connectivity index (χ2n) is 5.41. The lowest BCUT2D eigenvalue weighted by atomic mass is 10.3. The number of hydrogen-bond acceptors (Lipinski definition) is 4. The number of aromatic nitrogens is 1. The largest absolute Gasteiger partial charge is 0.497 e. The van der Waals surface area contributed by atoms with Gasteiger partial charge >= 0.3 is 0 Å². The minimum absolute atomic E-state index is 0.340. The summed E-state index contributed by atoms with van der Waals surface area (Å²) >= 11 is 13.5. The van der Waals surface area contributed by atoms with Crippen molar-refractivity contribution in [2.45, 2.75) is 6.92 Å². The molecule has 5 nitrogen and oxygen atoms in total. The van der Waals surface area contributed by atoms with Crippen molar-refractivity contribution in [3.8, 4) is 5.75 Å². The van der Waals surface area contributed by atoms with Gasteiger partial charge in [-0.05, 0) is 55.5 Å². The number of nitrogens with zero attached hydrogens (tertiary/aromatic N) is 2. The first kappa shape index (κ1) is 18.5. The maximum Gasteiger partial charge on any atom is 0.223 e. The van der Waals surface area contributed by atoms with Crippen molar-refractivity contribution in [2.24, 2.45) is 4.99 Å². The van der Waals surface area contributed by atoms with E-state index in [1.807, 2.05) is 37.3 Å². The number of aliphatic imine (C=N–C) groups is 1. The summed E-state index contributed by atoms with van der Waals surface area (Å²) in [4.78, 5) is 5.66. The molecule has 134 valence electrons. The number of anilines is 1. The first-order chi connectivity index (χ1) is 12.5. The van der Waals surface area contributed by atoms with Gasteiger partial charge in [0, 0.05) is 10.6 Å². The van der Waals surface area contributed by atoms with Crippen molar-refractivity contribution in [3.63, 3.8) is 0 Å². The van der Waals surface area contributed by atoms with Gasteiger partial charge in [-0.25, -0.2) is 8.95 Å².